The van der Waals surface area contributed by atoms with E-state index in [9.17, 15) is 4.79 Å². The molecule has 0 bridgehead atoms. The summed E-state index contributed by atoms with van der Waals surface area (Å²) in [5.74, 6) is -0.0801. The van der Waals surface area contributed by atoms with Crippen LogP contribution >= 0.6 is 0 Å². The number of rotatable bonds is 5. The fraction of sp³-hybridized carbons (Fsp3) is 0.364. The van der Waals surface area contributed by atoms with Crippen molar-refractivity contribution in [2.24, 2.45) is 5.73 Å². The average molecular weight is 207 g/mol. The van der Waals surface area contributed by atoms with Crippen molar-refractivity contribution in [3.8, 4) is 0 Å². The minimum Gasteiger partial charge on any atom is -0.385 e. The molecule has 0 aliphatic carbocycles. The van der Waals surface area contributed by atoms with Crippen LogP contribution in [0.2, 0.25) is 0 Å². The Morgan fingerprint density at radius 2 is 2.00 bits per heavy atom. The molecule has 0 fully saturated rings. The molecule has 0 saturated heterocycles. The van der Waals surface area contributed by atoms with Crippen molar-refractivity contribution in [2.75, 3.05) is 25.0 Å². The van der Waals surface area contributed by atoms with Crippen LogP contribution in [0, 0.1) is 0 Å². The van der Waals surface area contributed by atoms with E-state index in [4.69, 9.17) is 5.73 Å². The van der Waals surface area contributed by atoms with Gasteiger partial charge in [0.05, 0.1) is 0 Å². The smallest absolute Gasteiger partial charge is 0.251 e. The predicted molar refractivity (Wildman–Crippen MR) is 62.0 cm³/mol. The molecule has 4 heteroatoms. The third kappa shape index (κ3) is 3.59. The summed E-state index contributed by atoms with van der Waals surface area (Å²) in [6, 6.07) is 7.37. The van der Waals surface area contributed by atoms with Gasteiger partial charge in [-0.15, -0.1) is 0 Å². The lowest BCUT2D eigenvalue weighted by Crippen LogP contribution is -2.28. The van der Waals surface area contributed by atoms with Crippen LogP contribution in [0.5, 0.6) is 0 Å². The lowest BCUT2D eigenvalue weighted by molar-refractivity contribution is 0.0955. The maximum Gasteiger partial charge on any atom is 0.251 e. The molecule has 15 heavy (non-hydrogen) atoms. The molecule has 0 atom stereocenters. The van der Waals surface area contributed by atoms with Gasteiger partial charge in [-0.05, 0) is 31.2 Å². The zero-order valence-electron chi connectivity index (χ0n) is 8.92. The van der Waals surface area contributed by atoms with Gasteiger partial charge >= 0.3 is 0 Å². The first-order valence-corrected chi connectivity index (χ1v) is 5.10. The normalized spacial score (nSPS) is 9.73. The monoisotopic (exact) mass is 207 g/mol. The van der Waals surface area contributed by atoms with Crippen LogP contribution in [0.4, 0.5) is 5.69 Å². The van der Waals surface area contributed by atoms with Crippen molar-refractivity contribution < 1.29 is 4.79 Å². The second-order valence-electron chi connectivity index (χ2n) is 3.15. The number of nitrogens with one attached hydrogen (secondary N) is 2. The van der Waals surface area contributed by atoms with Gasteiger partial charge in [-0.2, -0.15) is 0 Å². The number of hydrogen-bond acceptors (Lipinski definition) is 3. The Bertz CT molecular complexity index is 308. The molecule has 1 aromatic carbocycles. The minimum absolute atomic E-state index is 0.0801. The van der Waals surface area contributed by atoms with E-state index in [1.807, 2.05) is 19.1 Å². The first-order valence-electron chi connectivity index (χ1n) is 5.10. The Balaban J connectivity index is 2.58. The number of nitrogens with two attached hydrogens (primary N) is 1. The van der Waals surface area contributed by atoms with E-state index >= 15 is 0 Å². The summed E-state index contributed by atoms with van der Waals surface area (Å²) in [7, 11) is 0. The highest BCUT2D eigenvalue weighted by Crippen LogP contribution is 2.08. The van der Waals surface area contributed by atoms with Crippen LogP contribution in [0.3, 0.4) is 0 Å². The molecule has 1 amide bonds. The van der Waals surface area contributed by atoms with Crippen molar-refractivity contribution in [3.63, 3.8) is 0 Å². The Hall–Kier alpha value is -1.55. The van der Waals surface area contributed by atoms with Crippen LogP contribution in [-0.4, -0.2) is 25.5 Å². The van der Waals surface area contributed by atoms with E-state index in [1.54, 1.807) is 12.1 Å². The zero-order chi connectivity index (χ0) is 11.1. The molecule has 4 nitrogen and oxygen atoms in total. The highest BCUT2D eigenvalue weighted by Gasteiger charge is 2.03. The van der Waals surface area contributed by atoms with Gasteiger partial charge in [-0.1, -0.05) is 0 Å². The van der Waals surface area contributed by atoms with Gasteiger partial charge in [0.25, 0.3) is 5.91 Å². The quantitative estimate of drug-likeness (QED) is 0.669. The van der Waals surface area contributed by atoms with Crippen molar-refractivity contribution in [2.45, 2.75) is 6.92 Å². The number of anilines is 1. The summed E-state index contributed by atoms with van der Waals surface area (Å²) < 4.78 is 0. The summed E-state index contributed by atoms with van der Waals surface area (Å²) in [6.45, 7) is 3.87. The van der Waals surface area contributed by atoms with Crippen LogP contribution < -0.4 is 16.4 Å². The molecule has 0 aliphatic heterocycles. The molecular formula is C11H17N3O. The lowest BCUT2D eigenvalue weighted by atomic mass is 10.2. The number of carbonyl (C=O) groups is 1. The summed E-state index contributed by atoms with van der Waals surface area (Å²) >= 11 is 0. The first kappa shape index (κ1) is 11.5. The molecule has 0 aliphatic rings. The molecule has 4 N–H and O–H groups in total. The fourth-order valence-electron chi connectivity index (χ4n) is 1.23. The maximum atomic E-state index is 11.5. The standard InChI is InChI=1S/C11H17N3O/c1-2-13-10-5-3-9(4-6-10)11(15)14-8-7-12/h3-6,13H,2,7-8,12H2,1H3,(H,14,15). The Kier molecular flexibility index (Phi) is 4.63. The molecule has 0 spiro atoms. The Labute approximate surface area is 89.9 Å². The van der Waals surface area contributed by atoms with Gasteiger partial charge in [0, 0.05) is 30.9 Å². The number of benzene rings is 1. The molecule has 1 rings (SSSR count). The Morgan fingerprint density at radius 3 is 2.53 bits per heavy atom. The summed E-state index contributed by atoms with van der Waals surface area (Å²) in [4.78, 5) is 11.5. The largest absolute Gasteiger partial charge is 0.385 e. The molecule has 1 aromatic rings. The van der Waals surface area contributed by atoms with E-state index in [0.29, 0.717) is 18.7 Å². The van der Waals surface area contributed by atoms with Gasteiger partial charge in [-0.25, -0.2) is 0 Å². The summed E-state index contributed by atoms with van der Waals surface area (Å²) in [5.41, 5.74) is 6.97. The van der Waals surface area contributed by atoms with Crippen LogP contribution in [0.25, 0.3) is 0 Å². The van der Waals surface area contributed by atoms with Crippen molar-refractivity contribution in [1.29, 1.82) is 0 Å². The third-order valence-electron chi connectivity index (χ3n) is 1.96. The number of carbonyl (C=O) groups excluding carboxylic acids is 1. The molecule has 0 radical (unpaired) electrons. The third-order valence-corrected chi connectivity index (χ3v) is 1.96. The van der Waals surface area contributed by atoms with Crippen molar-refractivity contribution in [3.05, 3.63) is 29.8 Å². The topological polar surface area (TPSA) is 67.2 Å². The van der Waals surface area contributed by atoms with Gasteiger partial charge in [0.2, 0.25) is 0 Å². The number of hydrogen-bond donors (Lipinski definition) is 3. The minimum atomic E-state index is -0.0801. The van der Waals surface area contributed by atoms with Gasteiger partial charge in [0.1, 0.15) is 0 Å². The van der Waals surface area contributed by atoms with E-state index in [-0.39, 0.29) is 5.91 Å². The van der Waals surface area contributed by atoms with Gasteiger partial charge in [0.15, 0.2) is 0 Å². The summed E-state index contributed by atoms with van der Waals surface area (Å²) in [5, 5.41) is 5.88. The maximum absolute atomic E-state index is 11.5. The molecule has 0 unspecified atom stereocenters. The lowest BCUT2D eigenvalue weighted by Gasteiger charge is -2.05. The summed E-state index contributed by atoms with van der Waals surface area (Å²) in [6.07, 6.45) is 0. The van der Waals surface area contributed by atoms with Gasteiger partial charge in [-0.3, -0.25) is 4.79 Å². The van der Waals surface area contributed by atoms with Crippen LogP contribution in [0.1, 0.15) is 17.3 Å². The first-order chi connectivity index (χ1) is 7.27. The van der Waals surface area contributed by atoms with E-state index in [2.05, 4.69) is 10.6 Å². The van der Waals surface area contributed by atoms with E-state index in [1.165, 1.54) is 0 Å². The van der Waals surface area contributed by atoms with Gasteiger partial charge < -0.3 is 16.4 Å². The molecular weight excluding hydrogens is 190 g/mol. The van der Waals surface area contributed by atoms with Crippen molar-refractivity contribution >= 4 is 11.6 Å². The molecule has 0 aromatic heterocycles. The molecule has 0 saturated carbocycles. The SMILES string of the molecule is CCNc1ccc(C(=O)NCCN)cc1. The molecule has 82 valence electrons. The van der Waals surface area contributed by atoms with E-state index < -0.39 is 0 Å². The van der Waals surface area contributed by atoms with Crippen LogP contribution in [-0.2, 0) is 0 Å². The average Bonchev–Trinajstić information content (AvgIpc) is 2.27. The second kappa shape index (κ2) is 6.03. The zero-order valence-corrected chi connectivity index (χ0v) is 8.92. The molecule has 0 heterocycles. The van der Waals surface area contributed by atoms with Crippen LogP contribution in [0.15, 0.2) is 24.3 Å². The van der Waals surface area contributed by atoms with E-state index in [0.717, 1.165) is 12.2 Å². The predicted octanol–water partition coefficient (Wildman–Crippen LogP) is 0.807. The van der Waals surface area contributed by atoms with Crippen molar-refractivity contribution in [1.82, 2.24) is 5.32 Å². The fourth-order valence-corrected chi connectivity index (χ4v) is 1.23. The number of amides is 1. The highest BCUT2D eigenvalue weighted by molar-refractivity contribution is 5.94. The Morgan fingerprint density at radius 1 is 1.33 bits per heavy atom. The highest BCUT2D eigenvalue weighted by atomic mass is 16.1. The second-order valence-corrected chi connectivity index (χ2v) is 3.15.